The molecular weight excluding hydrogens is 334 g/mol. The maximum absolute atomic E-state index is 9.88. The minimum absolute atomic E-state index is 0.209. The second-order valence-electron chi connectivity index (χ2n) is 3.99. The lowest BCUT2D eigenvalue weighted by atomic mass is 10.2. The number of phenols is 1. The minimum atomic E-state index is 0.209. The lowest BCUT2D eigenvalue weighted by molar-refractivity contribution is 0.457. The Hall–Kier alpha value is -0.550. The van der Waals surface area contributed by atoms with Gasteiger partial charge in [-0.3, -0.25) is 0 Å². The summed E-state index contributed by atoms with van der Waals surface area (Å²) in [7, 11) is 0. The van der Waals surface area contributed by atoms with Crippen LogP contribution in [0.1, 0.15) is 23.4 Å². The van der Waals surface area contributed by atoms with Gasteiger partial charge < -0.3 is 10.4 Å². The van der Waals surface area contributed by atoms with E-state index in [0.717, 1.165) is 9.90 Å². The highest BCUT2D eigenvalue weighted by Crippen LogP contribution is 2.29. The summed E-state index contributed by atoms with van der Waals surface area (Å²) >= 11 is 10.8. The van der Waals surface area contributed by atoms with E-state index in [0.29, 0.717) is 16.8 Å². The van der Waals surface area contributed by atoms with Crippen LogP contribution in [-0.4, -0.2) is 5.11 Å². The van der Waals surface area contributed by atoms with Crippen LogP contribution in [0.3, 0.4) is 0 Å². The van der Waals surface area contributed by atoms with Crippen molar-refractivity contribution < 1.29 is 5.11 Å². The van der Waals surface area contributed by atoms with Gasteiger partial charge in [-0.15, -0.1) is 11.3 Å². The number of benzene rings is 1. The monoisotopic (exact) mass is 345 g/mol. The Labute approximate surface area is 124 Å². The summed E-state index contributed by atoms with van der Waals surface area (Å²) in [6.07, 6.45) is 0. The number of halogens is 2. The Morgan fingerprint density at radius 3 is 2.83 bits per heavy atom. The quantitative estimate of drug-likeness (QED) is 0.839. The van der Waals surface area contributed by atoms with E-state index in [1.54, 1.807) is 11.3 Å². The first-order chi connectivity index (χ1) is 8.58. The molecule has 2 nitrogen and oxygen atoms in total. The van der Waals surface area contributed by atoms with Crippen molar-refractivity contribution >= 4 is 38.9 Å². The van der Waals surface area contributed by atoms with E-state index in [1.807, 2.05) is 30.3 Å². The summed E-state index contributed by atoms with van der Waals surface area (Å²) in [5.41, 5.74) is 0.874. The molecule has 0 amide bonds. The van der Waals surface area contributed by atoms with Crippen LogP contribution in [0.25, 0.3) is 0 Å². The molecule has 0 bridgehead atoms. The molecule has 18 heavy (non-hydrogen) atoms. The maximum atomic E-state index is 9.88. The SMILES string of the molecule is CC(NCc1cccc(Br)c1O)c1ccc(Cl)s1. The van der Waals surface area contributed by atoms with Gasteiger partial charge in [0.05, 0.1) is 8.81 Å². The largest absolute Gasteiger partial charge is 0.506 e. The van der Waals surface area contributed by atoms with Crippen LogP contribution in [0.2, 0.25) is 4.34 Å². The molecule has 0 fully saturated rings. The molecule has 1 unspecified atom stereocenters. The topological polar surface area (TPSA) is 32.3 Å². The van der Waals surface area contributed by atoms with E-state index in [4.69, 9.17) is 11.6 Å². The standard InChI is InChI=1S/C13H13BrClNOS/c1-8(11-5-6-12(15)18-11)16-7-9-3-2-4-10(14)13(9)17/h2-6,8,16-17H,7H2,1H3. The molecule has 0 aliphatic carbocycles. The van der Waals surface area contributed by atoms with Gasteiger partial charge in [0.25, 0.3) is 0 Å². The van der Waals surface area contributed by atoms with Gasteiger partial charge in [0.2, 0.25) is 0 Å². The van der Waals surface area contributed by atoms with Crippen LogP contribution in [0, 0.1) is 0 Å². The molecule has 5 heteroatoms. The number of hydrogen-bond acceptors (Lipinski definition) is 3. The van der Waals surface area contributed by atoms with Gasteiger partial charge >= 0.3 is 0 Å². The van der Waals surface area contributed by atoms with Gasteiger partial charge in [0.15, 0.2) is 0 Å². The van der Waals surface area contributed by atoms with Crippen LogP contribution in [0.15, 0.2) is 34.8 Å². The fourth-order valence-corrected chi connectivity index (χ4v) is 3.12. The highest BCUT2D eigenvalue weighted by molar-refractivity contribution is 9.10. The highest BCUT2D eigenvalue weighted by atomic mass is 79.9. The number of thiophene rings is 1. The molecular formula is C13H13BrClNOS. The van der Waals surface area contributed by atoms with Crippen molar-refractivity contribution in [2.45, 2.75) is 19.5 Å². The molecule has 1 atom stereocenters. The van der Waals surface area contributed by atoms with E-state index in [9.17, 15) is 5.11 Å². The zero-order chi connectivity index (χ0) is 13.1. The maximum Gasteiger partial charge on any atom is 0.134 e. The van der Waals surface area contributed by atoms with E-state index in [1.165, 1.54) is 4.88 Å². The van der Waals surface area contributed by atoms with Gasteiger partial charge in [-0.1, -0.05) is 23.7 Å². The first kappa shape index (κ1) is 13.9. The second kappa shape index (κ2) is 6.06. The fourth-order valence-electron chi connectivity index (χ4n) is 1.63. The normalized spacial score (nSPS) is 12.6. The molecule has 0 spiro atoms. The molecule has 2 aromatic rings. The molecule has 0 radical (unpaired) electrons. The molecule has 0 aliphatic heterocycles. The Morgan fingerprint density at radius 1 is 1.39 bits per heavy atom. The first-order valence-electron chi connectivity index (χ1n) is 5.53. The number of aromatic hydroxyl groups is 1. The summed E-state index contributed by atoms with van der Waals surface area (Å²) in [6.45, 7) is 2.69. The number of phenolic OH excluding ortho intramolecular Hbond substituents is 1. The van der Waals surface area contributed by atoms with Crippen molar-refractivity contribution in [3.8, 4) is 5.75 Å². The third-order valence-corrected chi connectivity index (χ3v) is 4.74. The van der Waals surface area contributed by atoms with Crippen LogP contribution < -0.4 is 5.32 Å². The van der Waals surface area contributed by atoms with E-state index in [-0.39, 0.29) is 6.04 Å². The molecule has 2 rings (SSSR count). The molecule has 1 aromatic heterocycles. The Morgan fingerprint density at radius 2 is 2.17 bits per heavy atom. The van der Waals surface area contributed by atoms with Crippen molar-refractivity contribution in [1.29, 1.82) is 0 Å². The number of rotatable bonds is 4. The van der Waals surface area contributed by atoms with Crippen molar-refractivity contribution in [2.75, 3.05) is 0 Å². The third-order valence-electron chi connectivity index (χ3n) is 2.69. The van der Waals surface area contributed by atoms with E-state index in [2.05, 4.69) is 28.2 Å². The first-order valence-corrected chi connectivity index (χ1v) is 7.51. The zero-order valence-corrected chi connectivity index (χ0v) is 12.9. The molecule has 0 saturated heterocycles. The fraction of sp³-hybridized carbons (Fsp3) is 0.231. The lowest BCUT2D eigenvalue weighted by Crippen LogP contribution is -2.17. The van der Waals surface area contributed by atoms with Crippen LogP contribution in [0.5, 0.6) is 5.75 Å². The molecule has 1 heterocycles. The van der Waals surface area contributed by atoms with Gasteiger partial charge in [-0.2, -0.15) is 0 Å². The van der Waals surface area contributed by atoms with E-state index < -0.39 is 0 Å². The van der Waals surface area contributed by atoms with Crippen molar-refractivity contribution in [3.05, 3.63) is 49.6 Å². The summed E-state index contributed by atoms with van der Waals surface area (Å²) in [5, 5.41) is 13.2. The van der Waals surface area contributed by atoms with Crippen LogP contribution >= 0.6 is 38.9 Å². The van der Waals surface area contributed by atoms with Crippen molar-refractivity contribution in [1.82, 2.24) is 5.32 Å². The Kier molecular flexibility index (Phi) is 4.67. The molecule has 0 aliphatic rings. The van der Waals surface area contributed by atoms with Crippen LogP contribution in [-0.2, 0) is 6.54 Å². The average Bonchev–Trinajstić information content (AvgIpc) is 2.77. The number of para-hydroxylation sites is 1. The van der Waals surface area contributed by atoms with Crippen molar-refractivity contribution in [3.63, 3.8) is 0 Å². The average molecular weight is 347 g/mol. The van der Waals surface area contributed by atoms with E-state index >= 15 is 0 Å². The third kappa shape index (κ3) is 3.26. The van der Waals surface area contributed by atoms with Gasteiger partial charge in [-0.25, -0.2) is 0 Å². The molecule has 96 valence electrons. The second-order valence-corrected chi connectivity index (χ2v) is 6.59. The number of nitrogens with one attached hydrogen (secondary N) is 1. The Balaban J connectivity index is 2.01. The molecule has 2 N–H and O–H groups in total. The van der Waals surface area contributed by atoms with Gasteiger partial charge in [-0.05, 0) is 41.1 Å². The summed E-state index contributed by atoms with van der Waals surface area (Å²) in [5.74, 6) is 0.293. The number of hydrogen-bond donors (Lipinski definition) is 2. The molecule has 0 saturated carbocycles. The summed E-state index contributed by atoms with van der Waals surface area (Å²) in [4.78, 5) is 1.19. The summed E-state index contributed by atoms with van der Waals surface area (Å²) < 4.78 is 1.51. The highest BCUT2D eigenvalue weighted by Gasteiger charge is 2.10. The Bertz CT molecular complexity index is 544. The zero-order valence-electron chi connectivity index (χ0n) is 9.78. The predicted octanol–water partition coefficient (Wildman–Crippen LogP) is 4.72. The summed E-state index contributed by atoms with van der Waals surface area (Å²) in [6, 6.07) is 9.76. The minimum Gasteiger partial charge on any atom is -0.506 e. The molecule has 1 aromatic carbocycles. The predicted molar refractivity (Wildman–Crippen MR) is 80.4 cm³/mol. The van der Waals surface area contributed by atoms with Gasteiger partial charge in [0, 0.05) is 23.0 Å². The lowest BCUT2D eigenvalue weighted by Gasteiger charge is -2.13. The smallest absolute Gasteiger partial charge is 0.134 e. The van der Waals surface area contributed by atoms with Crippen molar-refractivity contribution in [2.24, 2.45) is 0 Å². The van der Waals surface area contributed by atoms with Gasteiger partial charge in [0.1, 0.15) is 5.75 Å². The van der Waals surface area contributed by atoms with Crippen LogP contribution in [0.4, 0.5) is 0 Å².